The number of ether oxygens (including phenoxy) is 3. The highest BCUT2D eigenvalue weighted by Crippen LogP contribution is 2.37. The Morgan fingerprint density at radius 3 is 2.35 bits per heavy atom. The standard InChI is InChI=1S/C19H26N2O5/c1-10(2)16-15(18(22)26-11(3)4)17(21-19(23)20-16)13-9-12(24-5)7-8-14(13)25-6/h7-11,17H,1-6H3,(H2,20,21,23). The maximum atomic E-state index is 12.8. The molecular formula is C19H26N2O5. The van der Waals surface area contributed by atoms with Gasteiger partial charge in [-0.1, -0.05) is 13.8 Å². The second kappa shape index (κ2) is 8.12. The molecule has 1 aromatic rings. The number of rotatable bonds is 6. The fourth-order valence-corrected chi connectivity index (χ4v) is 2.84. The molecule has 7 nitrogen and oxygen atoms in total. The molecule has 26 heavy (non-hydrogen) atoms. The number of carbonyl (C=O) groups is 2. The number of hydrogen-bond acceptors (Lipinski definition) is 5. The fourth-order valence-electron chi connectivity index (χ4n) is 2.84. The Kier molecular flexibility index (Phi) is 6.13. The number of carbonyl (C=O) groups excluding carboxylic acids is 2. The summed E-state index contributed by atoms with van der Waals surface area (Å²) in [6.45, 7) is 7.37. The Morgan fingerprint density at radius 2 is 1.81 bits per heavy atom. The molecule has 0 aromatic heterocycles. The van der Waals surface area contributed by atoms with Crippen molar-refractivity contribution in [3.63, 3.8) is 0 Å². The van der Waals surface area contributed by atoms with Crippen molar-refractivity contribution in [2.45, 2.75) is 39.8 Å². The van der Waals surface area contributed by atoms with Gasteiger partial charge in [-0.3, -0.25) is 0 Å². The first-order valence-corrected chi connectivity index (χ1v) is 8.52. The maximum absolute atomic E-state index is 12.8. The van der Waals surface area contributed by atoms with E-state index in [-0.39, 0.29) is 18.1 Å². The van der Waals surface area contributed by atoms with Crippen LogP contribution in [0, 0.1) is 5.92 Å². The number of benzene rings is 1. The van der Waals surface area contributed by atoms with Gasteiger partial charge in [0.25, 0.3) is 0 Å². The van der Waals surface area contributed by atoms with E-state index in [0.717, 1.165) is 0 Å². The van der Waals surface area contributed by atoms with Crippen molar-refractivity contribution in [1.29, 1.82) is 0 Å². The molecule has 1 unspecified atom stereocenters. The van der Waals surface area contributed by atoms with Crippen molar-refractivity contribution in [1.82, 2.24) is 10.6 Å². The first-order chi connectivity index (χ1) is 12.3. The van der Waals surface area contributed by atoms with E-state index in [1.165, 1.54) is 7.11 Å². The second-order valence-electron chi connectivity index (χ2n) is 6.58. The van der Waals surface area contributed by atoms with Crippen LogP contribution in [0.5, 0.6) is 11.5 Å². The van der Waals surface area contributed by atoms with Gasteiger partial charge in [0, 0.05) is 11.3 Å². The quantitative estimate of drug-likeness (QED) is 0.760. The van der Waals surface area contributed by atoms with E-state index < -0.39 is 12.0 Å². The van der Waals surface area contributed by atoms with Crippen molar-refractivity contribution in [3.05, 3.63) is 35.0 Å². The number of urea groups is 1. The molecule has 0 fully saturated rings. The van der Waals surface area contributed by atoms with Gasteiger partial charge in [-0.2, -0.15) is 0 Å². The first-order valence-electron chi connectivity index (χ1n) is 8.52. The molecule has 2 rings (SSSR count). The summed E-state index contributed by atoms with van der Waals surface area (Å²) in [5.41, 5.74) is 1.52. The largest absolute Gasteiger partial charge is 0.497 e. The summed E-state index contributed by atoms with van der Waals surface area (Å²) in [5.74, 6) is 0.577. The predicted molar refractivity (Wildman–Crippen MR) is 97.0 cm³/mol. The molecule has 1 aromatic carbocycles. The van der Waals surface area contributed by atoms with Crippen molar-refractivity contribution in [2.24, 2.45) is 5.92 Å². The van der Waals surface area contributed by atoms with E-state index in [1.807, 2.05) is 13.8 Å². The molecule has 1 aliphatic heterocycles. The molecule has 0 spiro atoms. The average Bonchev–Trinajstić information content (AvgIpc) is 2.59. The van der Waals surface area contributed by atoms with E-state index in [1.54, 1.807) is 39.2 Å². The zero-order valence-corrected chi connectivity index (χ0v) is 16.0. The second-order valence-corrected chi connectivity index (χ2v) is 6.58. The highest BCUT2D eigenvalue weighted by atomic mass is 16.5. The third kappa shape index (κ3) is 4.09. The minimum Gasteiger partial charge on any atom is -0.497 e. The number of esters is 1. The molecule has 142 valence electrons. The van der Waals surface area contributed by atoms with Crippen LogP contribution < -0.4 is 20.1 Å². The lowest BCUT2D eigenvalue weighted by atomic mass is 9.91. The van der Waals surface area contributed by atoms with E-state index in [2.05, 4.69) is 10.6 Å². The Balaban J connectivity index is 2.65. The summed E-state index contributed by atoms with van der Waals surface area (Å²) >= 11 is 0. The highest BCUT2D eigenvalue weighted by molar-refractivity contribution is 5.95. The molecular weight excluding hydrogens is 336 g/mol. The van der Waals surface area contributed by atoms with Gasteiger partial charge in [0.15, 0.2) is 0 Å². The zero-order valence-electron chi connectivity index (χ0n) is 16.0. The molecule has 2 N–H and O–H groups in total. The van der Waals surface area contributed by atoms with Crippen LogP contribution in [-0.2, 0) is 9.53 Å². The monoisotopic (exact) mass is 362 g/mol. The van der Waals surface area contributed by atoms with Gasteiger partial charge in [0.1, 0.15) is 11.5 Å². The molecule has 0 aliphatic carbocycles. The van der Waals surface area contributed by atoms with E-state index >= 15 is 0 Å². The van der Waals surface area contributed by atoms with Crippen LogP contribution in [-0.4, -0.2) is 32.3 Å². The van der Waals surface area contributed by atoms with Crippen LogP contribution in [0.4, 0.5) is 4.79 Å². The van der Waals surface area contributed by atoms with Gasteiger partial charge in [0.05, 0.1) is 31.9 Å². The smallest absolute Gasteiger partial charge is 0.338 e. The number of methoxy groups -OCH3 is 2. The normalized spacial score (nSPS) is 17.1. The number of allylic oxidation sites excluding steroid dienone is 1. The third-order valence-electron chi connectivity index (χ3n) is 3.99. The van der Waals surface area contributed by atoms with Crippen LogP contribution in [0.1, 0.15) is 39.3 Å². The van der Waals surface area contributed by atoms with Crippen LogP contribution in [0.25, 0.3) is 0 Å². The summed E-state index contributed by atoms with van der Waals surface area (Å²) in [6.07, 6.45) is -0.283. The Morgan fingerprint density at radius 1 is 1.12 bits per heavy atom. The maximum Gasteiger partial charge on any atom is 0.338 e. The van der Waals surface area contributed by atoms with Gasteiger partial charge >= 0.3 is 12.0 Å². The van der Waals surface area contributed by atoms with Crippen molar-refractivity contribution in [2.75, 3.05) is 14.2 Å². The SMILES string of the molecule is COc1ccc(OC)c(C2NC(=O)NC(C(C)C)=C2C(=O)OC(C)C)c1. The van der Waals surface area contributed by atoms with Crippen molar-refractivity contribution in [3.8, 4) is 11.5 Å². The fraction of sp³-hybridized carbons (Fsp3) is 0.474. The lowest BCUT2D eigenvalue weighted by molar-refractivity contribution is -0.143. The molecule has 2 amide bonds. The number of amides is 2. The molecule has 1 heterocycles. The average molecular weight is 362 g/mol. The molecule has 1 aliphatic rings. The predicted octanol–water partition coefficient (Wildman–Crippen LogP) is 2.92. The molecule has 0 saturated carbocycles. The van der Waals surface area contributed by atoms with Gasteiger partial charge < -0.3 is 24.8 Å². The minimum absolute atomic E-state index is 0.0742. The zero-order chi connectivity index (χ0) is 19.4. The van der Waals surface area contributed by atoms with Gasteiger partial charge in [-0.15, -0.1) is 0 Å². The van der Waals surface area contributed by atoms with Crippen LogP contribution in [0.2, 0.25) is 0 Å². The first kappa shape index (κ1) is 19.6. The van der Waals surface area contributed by atoms with E-state index in [4.69, 9.17) is 14.2 Å². The molecule has 1 atom stereocenters. The molecule has 0 radical (unpaired) electrons. The Bertz CT molecular complexity index is 725. The minimum atomic E-state index is -0.711. The number of nitrogens with one attached hydrogen (secondary N) is 2. The van der Waals surface area contributed by atoms with Gasteiger partial charge in [-0.25, -0.2) is 9.59 Å². The summed E-state index contributed by atoms with van der Waals surface area (Å²) < 4.78 is 16.2. The van der Waals surface area contributed by atoms with Crippen LogP contribution >= 0.6 is 0 Å². The summed E-state index contributed by atoms with van der Waals surface area (Å²) in [6, 6.07) is 4.14. The Labute approximate surface area is 153 Å². The molecule has 0 bridgehead atoms. The lowest BCUT2D eigenvalue weighted by Gasteiger charge is -2.32. The van der Waals surface area contributed by atoms with Gasteiger partial charge in [0.2, 0.25) is 0 Å². The van der Waals surface area contributed by atoms with Crippen LogP contribution in [0.15, 0.2) is 29.5 Å². The summed E-state index contributed by atoms with van der Waals surface area (Å²) in [4.78, 5) is 25.0. The lowest BCUT2D eigenvalue weighted by Crippen LogP contribution is -2.47. The summed E-state index contributed by atoms with van der Waals surface area (Å²) in [5, 5.41) is 5.55. The third-order valence-corrected chi connectivity index (χ3v) is 3.99. The summed E-state index contributed by atoms with van der Waals surface area (Å²) in [7, 11) is 3.09. The van der Waals surface area contributed by atoms with Crippen molar-refractivity contribution >= 4 is 12.0 Å². The topological polar surface area (TPSA) is 85.9 Å². The van der Waals surface area contributed by atoms with E-state index in [0.29, 0.717) is 28.3 Å². The van der Waals surface area contributed by atoms with Crippen molar-refractivity contribution < 1.29 is 23.8 Å². The number of hydrogen-bond donors (Lipinski definition) is 2. The highest BCUT2D eigenvalue weighted by Gasteiger charge is 2.36. The molecule has 7 heteroatoms. The molecule has 0 saturated heterocycles. The Hall–Kier alpha value is -2.70. The van der Waals surface area contributed by atoms with E-state index in [9.17, 15) is 9.59 Å². The van der Waals surface area contributed by atoms with Crippen LogP contribution in [0.3, 0.4) is 0 Å². The van der Waals surface area contributed by atoms with Gasteiger partial charge in [-0.05, 0) is 38.0 Å².